The molecular formula is C17H26N2O. The number of rotatable bonds is 7. The molecule has 0 amide bonds. The molecule has 2 aromatic rings. The topological polar surface area (TPSA) is 28.4 Å². The molecule has 0 radical (unpaired) electrons. The molecule has 3 heteroatoms. The van der Waals surface area contributed by atoms with Gasteiger partial charge in [0, 0.05) is 10.9 Å². The van der Waals surface area contributed by atoms with Gasteiger partial charge in [-0.2, -0.15) is 0 Å². The number of fused-ring (bicyclic) bond motifs is 1. The number of para-hydroxylation sites is 1. The Balaban J connectivity index is 2.22. The maximum absolute atomic E-state index is 6.12. The Hall–Kier alpha value is -1.32. The molecule has 0 aliphatic heterocycles. The fourth-order valence-electron chi connectivity index (χ4n) is 2.72. The number of nitrogens with one attached hydrogen (secondary N) is 1. The fraction of sp³-hybridized carbons (Fsp3) is 0.529. The van der Waals surface area contributed by atoms with Crippen LogP contribution < -0.4 is 5.32 Å². The molecule has 1 aromatic heterocycles. The van der Waals surface area contributed by atoms with Crippen LogP contribution in [0.1, 0.15) is 37.6 Å². The van der Waals surface area contributed by atoms with Crippen LogP contribution in [-0.2, 0) is 6.42 Å². The van der Waals surface area contributed by atoms with Gasteiger partial charge >= 0.3 is 0 Å². The first-order valence-corrected chi connectivity index (χ1v) is 7.54. The lowest BCUT2D eigenvalue weighted by atomic mass is 10.0. The molecule has 3 nitrogen and oxygen atoms in total. The van der Waals surface area contributed by atoms with Crippen LogP contribution in [0.3, 0.4) is 0 Å². The van der Waals surface area contributed by atoms with Crippen LogP contribution >= 0.6 is 0 Å². The van der Waals surface area contributed by atoms with E-state index in [-0.39, 0.29) is 0 Å². The third-order valence-corrected chi connectivity index (χ3v) is 4.06. The van der Waals surface area contributed by atoms with Gasteiger partial charge in [0.1, 0.15) is 11.3 Å². The lowest BCUT2D eigenvalue weighted by Crippen LogP contribution is -2.26. The Kier molecular flexibility index (Phi) is 5.21. The van der Waals surface area contributed by atoms with E-state index in [4.69, 9.17) is 4.42 Å². The third-order valence-electron chi connectivity index (χ3n) is 4.06. The molecule has 1 atom stereocenters. The second kappa shape index (κ2) is 6.91. The number of nitrogens with zero attached hydrogens (tertiary/aromatic N) is 1. The molecule has 110 valence electrons. The molecule has 1 unspecified atom stereocenters. The van der Waals surface area contributed by atoms with E-state index in [1.807, 2.05) is 13.1 Å². The van der Waals surface area contributed by atoms with Gasteiger partial charge in [0.2, 0.25) is 0 Å². The van der Waals surface area contributed by atoms with Crippen molar-refractivity contribution < 1.29 is 4.42 Å². The summed E-state index contributed by atoms with van der Waals surface area (Å²) >= 11 is 0. The number of hydrogen-bond donors (Lipinski definition) is 1. The van der Waals surface area contributed by atoms with Gasteiger partial charge in [0.15, 0.2) is 0 Å². The van der Waals surface area contributed by atoms with Gasteiger partial charge in [0.25, 0.3) is 0 Å². The number of furan rings is 1. The summed E-state index contributed by atoms with van der Waals surface area (Å²) in [7, 11) is 4.17. The van der Waals surface area contributed by atoms with E-state index in [0.29, 0.717) is 6.04 Å². The average molecular weight is 274 g/mol. The van der Waals surface area contributed by atoms with Crippen molar-refractivity contribution in [2.45, 2.75) is 32.7 Å². The second-order valence-electron chi connectivity index (χ2n) is 5.41. The van der Waals surface area contributed by atoms with E-state index < -0.39 is 0 Å². The highest BCUT2D eigenvalue weighted by Crippen LogP contribution is 2.32. The second-order valence-corrected chi connectivity index (χ2v) is 5.41. The Morgan fingerprint density at radius 1 is 1.30 bits per heavy atom. The van der Waals surface area contributed by atoms with Gasteiger partial charge in [-0.25, -0.2) is 0 Å². The fourth-order valence-corrected chi connectivity index (χ4v) is 2.72. The summed E-state index contributed by atoms with van der Waals surface area (Å²) in [6, 6.07) is 8.66. The van der Waals surface area contributed by atoms with Crippen molar-refractivity contribution in [3.05, 3.63) is 35.6 Å². The maximum atomic E-state index is 6.12. The summed E-state index contributed by atoms with van der Waals surface area (Å²) in [6.07, 6.45) is 2.17. The lowest BCUT2D eigenvalue weighted by molar-refractivity contribution is 0.230. The standard InChI is InChI=1S/C17H26N2O/c1-5-14-15-9-6-7-10-16(15)20-17(14)13(2)19(4)12-8-11-18-3/h6-7,9-10,13,18H,5,8,11-12H2,1-4H3. The van der Waals surface area contributed by atoms with E-state index in [1.165, 1.54) is 10.9 Å². The van der Waals surface area contributed by atoms with E-state index in [9.17, 15) is 0 Å². The third kappa shape index (κ3) is 3.05. The Bertz CT molecular complexity index is 547. The SMILES string of the molecule is CCc1c(C(C)N(C)CCCNC)oc2ccccc12. The monoisotopic (exact) mass is 274 g/mol. The van der Waals surface area contributed by atoms with Gasteiger partial charge in [-0.3, -0.25) is 4.90 Å². The summed E-state index contributed by atoms with van der Waals surface area (Å²) in [5.41, 5.74) is 2.36. The van der Waals surface area contributed by atoms with Crippen molar-refractivity contribution in [2.75, 3.05) is 27.2 Å². The minimum absolute atomic E-state index is 0.314. The highest BCUT2D eigenvalue weighted by molar-refractivity contribution is 5.82. The predicted molar refractivity (Wildman–Crippen MR) is 85.2 cm³/mol. The van der Waals surface area contributed by atoms with Crippen LogP contribution in [0.25, 0.3) is 11.0 Å². The first kappa shape index (κ1) is 15.1. The van der Waals surface area contributed by atoms with Crippen molar-refractivity contribution in [1.82, 2.24) is 10.2 Å². The smallest absolute Gasteiger partial charge is 0.134 e. The van der Waals surface area contributed by atoms with Crippen LogP contribution in [0.5, 0.6) is 0 Å². The van der Waals surface area contributed by atoms with Crippen LogP contribution in [0.4, 0.5) is 0 Å². The van der Waals surface area contributed by atoms with Crippen LogP contribution in [0.2, 0.25) is 0 Å². The maximum Gasteiger partial charge on any atom is 0.134 e. The Morgan fingerprint density at radius 2 is 2.05 bits per heavy atom. The summed E-state index contributed by atoms with van der Waals surface area (Å²) in [5, 5.41) is 4.46. The highest BCUT2D eigenvalue weighted by Gasteiger charge is 2.20. The van der Waals surface area contributed by atoms with Crippen LogP contribution in [0, 0.1) is 0 Å². The molecule has 0 saturated heterocycles. The average Bonchev–Trinajstić information content (AvgIpc) is 2.85. The minimum Gasteiger partial charge on any atom is -0.459 e. The first-order chi connectivity index (χ1) is 9.69. The normalized spacial score (nSPS) is 13.2. The first-order valence-electron chi connectivity index (χ1n) is 7.54. The number of aryl methyl sites for hydroxylation is 1. The molecule has 0 fully saturated rings. The molecule has 1 aromatic carbocycles. The number of hydrogen-bond acceptors (Lipinski definition) is 3. The Labute approximate surface area is 122 Å². The van der Waals surface area contributed by atoms with Crippen LogP contribution in [0.15, 0.2) is 28.7 Å². The number of benzene rings is 1. The molecule has 0 aliphatic carbocycles. The highest BCUT2D eigenvalue weighted by atomic mass is 16.3. The molecule has 0 spiro atoms. The van der Waals surface area contributed by atoms with Crippen molar-refractivity contribution in [2.24, 2.45) is 0 Å². The summed E-state index contributed by atoms with van der Waals surface area (Å²) in [6.45, 7) is 6.56. The van der Waals surface area contributed by atoms with E-state index in [1.54, 1.807) is 0 Å². The van der Waals surface area contributed by atoms with Crippen molar-refractivity contribution in [3.63, 3.8) is 0 Å². The summed E-state index contributed by atoms with van der Waals surface area (Å²) in [5.74, 6) is 1.13. The molecule has 0 bridgehead atoms. The molecule has 1 heterocycles. The predicted octanol–water partition coefficient (Wildman–Crippen LogP) is 3.60. The van der Waals surface area contributed by atoms with Crippen molar-refractivity contribution in [3.8, 4) is 0 Å². The largest absolute Gasteiger partial charge is 0.459 e. The van der Waals surface area contributed by atoms with E-state index >= 15 is 0 Å². The molecular weight excluding hydrogens is 248 g/mol. The van der Waals surface area contributed by atoms with Crippen molar-refractivity contribution in [1.29, 1.82) is 0 Å². The molecule has 1 N–H and O–H groups in total. The van der Waals surface area contributed by atoms with Gasteiger partial charge in [-0.15, -0.1) is 0 Å². The van der Waals surface area contributed by atoms with Gasteiger partial charge in [0.05, 0.1) is 6.04 Å². The molecule has 0 aliphatic rings. The van der Waals surface area contributed by atoms with Gasteiger partial charge in [-0.05, 0) is 53.0 Å². The van der Waals surface area contributed by atoms with Gasteiger partial charge in [-0.1, -0.05) is 25.1 Å². The molecule has 0 saturated carbocycles. The van der Waals surface area contributed by atoms with E-state index in [2.05, 4.69) is 49.3 Å². The lowest BCUT2D eigenvalue weighted by Gasteiger charge is -2.23. The zero-order chi connectivity index (χ0) is 14.5. The summed E-state index contributed by atoms with van der Waals surface area (Å²) in [4.78, 5) is 2.37. The minimum atomic E-state index is 0.314. The van der Waals surface area contributed by atoms with E-state index in [0.717, 1.165) is 37.3 Å². The zero-order valence-corrected chi connectivity index (χ0v) is 13.1. The van der Waals surface area contributed by atoms with Crippen LogP contribution in [-0.4, -0.2) is 32.1 Å². The van der Waals surface area contributed by atoms with Crippen molar-refractivity contribution >= 4 is 11.0 Å². The zero-order valence-electron chi connectivity index (χ0n) is 13.1. The summed E-state index contributed by atoms with van der Waals surface area (Å²) < 4.78 is 6.12. The Morgan fingerprint density at radius 3 is 2.75 bits per heavy atom. The quantitative estimate of drug-likeness (QED) is 0.782. The molecule has 2 rings (SSSR count). The van der Waals surface area contributed by atoms with Gasteiger partial charge < -0.3 is 9.73 Å². The molecule has 20 heavy (non-hydrogen) atoms.